The number of carbonyl (C=O) groups excluding carboxylic acids is 1. The van der Waals surface area contributed by atoms with Gasteiger partial charge in [0.25, 0.3) is 0 Å². The molecule has 0 aliphatic carbocycles. The molecular weight excluding hydrogens is 110 g/mol. The van der Waals surface area contributed by atoms with Crippen LogP contribution in [-0.2, 0) is 4.79 Å². The molecule has 1 aliphatic rings. The van der Waals surface area contributed by atoms with Crippen molar-refractivity contribution in [2.24, 2.45) is 0 Å². The summed E-state index contributed by atoms with van der Waals surface area (Å²) in [7, 11) is 0. The van der Waals surface area contributed by atoms with Gasteiger partial charge in [-0.1, -0.05) is 0 Å². The number of nitrogens with one attached hydrogen (secondary N) is 1. The molecule has 0 bridgehead atoms. The fourth-order valence-electron chi connectivity index (χ4n) is 0.301. The monoisotopic (exact) mass is 114 g/mol. The Morgan fingerprint density at radius 2 is 2.86 bits per heavy atom. The van der Waals surface area contributed by atoms with Crippen molar-refractivity contribution in [2.75, 3.05) is 5.75 Å². The fraction of sp³-hybridized carbons (Fsp3) is 0.250. The Balaban J connectivity index is 2.47. The molecule has 1 rings (SSSR count). The highest BCUT2D eigenvalue weighted by molar-refractivity contribution is 8.01. The van der Waals surface area contributed by atoms with E-state index >= 15 is 0 Å². The molecule has 0 unspecified atom stereocenters. The molecule has 0 saturated carbocycles. The Bertz CT molecular complexity index is 110. The van der Waals surface area contributed by atoms with Gasteiger partial charge < -0.3 is 5.32 Å². The average Bonchev–Trinajstić information content (AvgIpc) is 1.69. The third-order valence-electron chi connectivity index (χ3n) is 0.579. The highest BCUT2D eigenvalue weighted by Gasteiger charge is 1.99. The minimum absolute atomic E-state index is 0.0590. The molecule has 1 N–H and O–H groups in total. The molecule has 0 aromatic heterocycles. The zero-order valence-electron chi connectivity index (χ0n) is 3.60. The number of hydrogen-bond acceptors (Lipinski definition) is 2. The molecule has 1 aliphatic heterocycles. The summed E-state index contributed by atoms with van der Waals surface area (Å²) in [4.78, 5) is 10.3. The third kappa shape index (κ3) is 1.23. The van der Waals surface area contributed by atoms with Crippen LogP contribution in [0.25, 0.3) is 0 Å². The number of amides is 1. The maximum absolute atomic E-state index is 10.3. The number of rotatable bonds is 0. The molecule has 0 saturated heterocycles. The molecule has 0 spiro atoms. The van der Waals surface area contributed by atoms with Crippen molar-refractivity contribution in [1.29, 1.82) is 0 Å². The van der Waals surface area contributed by atoms with Crippen LogP contribution in [0.2, 0.25) is 0 Å². The quantitative estimate of drug-likeness (QED) is 0.484. The van der Waals surface area contributed by atoms with Crippen molar-refractivity contribution >= 4 is 17.7 Å². The second-order valence-electron chi connectivity index (χ2n) is 1.12. The van der Waals surface area contributed by atoms with Crippen LogP contribution in [0, 0.1) is 5.41 Å². The zero-order valence-corrected chi connectivity index (χ0v) is 4.42. The first-order chi connectivity index (χ1) is 3.39. The van der Waals surface area contributed by atoms with E-state index in [1.165, 1.54) is 18.0 Å². The smallest absolute Gasteiger partial charge is 0.234 e. The first kappa shape index (κ1) is 4.71. The number of carbonyl (C=O) groups is 1. The van der Waals surface area contributed by atoms with Gasteiger partial charge in [0, 0.05) is 11.6 Å². The van der Waals surface area contributed by atoms with E-state index in [0.29, 0.717) is 5.75 Å². The first-order valence-corrected chi connectivity index (χ1v) is 2.86. The lowest BCUT2D eigenvalue weighted by atomic mass is 10.7. The lowest BCUT2D eigenvalue weighted by Crippen LogP contribution is -2.21. The molecule has 0 fully saturated rings. The fourth-order valence-corrected chi connectivity index (χ4v) is 0.741. The Kier molecular flexibility index (Phi) is 1.36. The van der Waals surface area contributed by atoms with Gasteiger partial charge in [-0.25, -0.2) is 0 Å². The molecule has 1 amide bonds. The van der Waals surface area contributed by atoms with Crippen molar-refractivity contribution in [3.05, 3.63) is 11.6 Å². The van der Waals surface area contributed by atoms with E-state index in [1.807, 2.05) is 0 Å². The van der Waals surface area contributed by atoms with Gasteiger partial charge in [0.2, 0.25) is 5.91 Å². The van der Waals surface area contributed by atoms with Crippen LogP contribution < -0.4 is 5.32 Å². The van der Waals surface area contributed by atoms with Gasteiger partial charge in [-0.3, -0.25) is 4.79 Å². The third-order valence-corrected chi connectivity index (χ3v) is 1.27. The minimum atomic E-state index is 0.0590. The van der Waals surface area contributed by atoms with Gasteiger partial charge in [-0.05, 0) is 0 Å². The van der Waals surface area contributed by atoms with Crippen molar-refractivity contribution < 1.29 is 4.79 Å². The predicted molar refractivity (Wildman–Crippen MR) is 28.4 cm³/mol. The summed E-state index contributed by atoms with van der Waals surface area (Å²) in [6.07, 6.45) is 1.52. The van der Waals surface area contributed by atoms with E-state index < -0.39 is 0 Å². The summed E-state index contributed by atoms with van der Waals surface area (Å²) in [5, 5.41) is 5.26. The lowest BCUT2D eigenvalue weighted by Gasteiger charge is -1.99. The van der Waals surface area contributed by atoms with Gasteiger partial charge in [0.15, 0.2) is 0 Å². The molecule has 3 heteroatoms. The van der Waals surface area contributed by atoms with Crippen LogP contribution >= 0.6 is 11.8 Å². The molecule has 0 atom stereocenters. The van der Waals surface area contributed by atoms with Crippen LogP contribution in [0.15, 0.2) is 6.20 Å². The van der Waals surface area contributed by atoms with E-state index in [4.69, 9.17) is 0 Å². The maximum atomic E-state index is 10.3. The van der Waals surface area contributed by atoms with Crippen molar-refractivity contribution in [2.45, 2.75) is 0 Å². The summed E-state index contributed by atoms with van der Waals surface area (Å²) in [6, 6.07) is 0. The topological polar surface area (TPSA) is 29.1 Å². The van der Waals surface area contributed by atoms with E-state index in [0.717, 1.165) is 0 Å². The minimum Gasteiger partial charge on any atom is -0.331 e. The number of hydrogen-bond donors (Lipinski definition) is 1. The van der Waals surface area contributed by atoms with Gasteiger partial charge in [0.05, 0.1) is 5.75 Å². The molecule has 37 valence electrons. The largest absolute Gasteiger partial charge is 0.331 e. The van der Waals surface area contributed by atoms with E-state index in [2.05, 4.69) is 10.7 Å². The highest BCUT2D eigenvalue weighted by Crippen LogP contribution is 2.01. The SMILES string of the molecule is O=C1CS[C]=CN1. The molecule has 1 heterocycles. The molecule has 2 nitrogen and oxygen atoms in total. The number of thioether (sulfide) groups is 1. The summed E-state index contributed by atoms with van der Waals surface area (Å²) >= 11 is 1.39. The second-order valence-corrected chi connectivity index (χ2v) is 1.93. The second kappa shape index (κ2) is 2.02. The first-order valence-electron chi connectivity index (χ1n) is 1.88. The highest BCUT2D eigenvalue weighted by atomic mass is 32.2. The Hall–Kier alpha value is -0.440. The van der Waals surface area contributed by atoms with Crippen LogP contribution in [0.4, 0.5) is 0 Å². The standard InChI is InChI=1S/C4H4NOS/c6-4-3-7-2-1-5-4/h1H,3H2,(H,5,6). The molecular formula is C4H4NOS. The Morgan fingerprint density at radius 1 is 2.00 bits per heavy atom. The Morgan fingerprint density at radius 3 is 3.14 bits per heavy atom. The van der Waals surface area contributed by atoms with E-state index in [9.17, 15) is 4.79 Å². The molecule has 1 radical (unpaired) electrons. The van der Waals surface area contributed by atoms with Crippen molar-refractivity contribution in [3.63, 3.8) is 0 Å². The summed E-state index contributed by atoms with van der Waals surface area (Å²) in [5.74, 6) is 0.569. The van der Waals surface area contributed by atoms with Crippen LogP contribution in [-0.4, -0.2) is 11.7 Å². The summed E-state index contributed by atoms with van der Waals surface area (Å²) in [6.45, 7) is 0. The average molecular weight is 114 g/mol. The van der Waals surface area contributed by atoms with Crippen molar-refractivity contribution in [1.82, 2.24) is 5.32 Å². The van der Waals surface area contributed by atoms with Gasteiger partial charge in [0.1, 0.15) is 0 Å². The van der Waals surface area contributed by atoms with E-state index in [1.54, 1.807) is 0 Å². The Labute approximate surface area is 46.0 Å². The maximum Gasteiger partial charge on any atom is 0.234 e. The van der Waals surface area contributed by atoms with Gasteiger partial charge in [-0.15, -0.1) is 11.8 Å². The summed E-state index contributed by atoms with van der Waals surface area (Å²) < 4.78 is 0. The van der Waals surface area contributed by atoms with Crippen LogP contribution in [0.5, 0.6) is 0 Å². The van der Waals surface area contributed by atoms with E-state index in [-0.39, 0.29) is 5.91 Å². The summed E-state index contributed by atoms with van der Waals surface area (Å²) in [5.41, 5.74) is 0. The molecule has 7 heavy (non-hydrogen) atoms. The van der Waals surface area contributed by atoms with Gasteiger partial charge >= 0.3 is 0 Å². The van der Waals surface area contributed by atoms with Crippen LogP contribution in [0.1, 0.15) is 0 Å². The normalized spacial score (nSPS) is 19.1. The van der Waals surface area contributed by atoms with Crippen LogP contribution in [0.3, 0.4) is 0 Å². The molecule has 0 aromatic rings. The van der Waals surface area contributed by atoms with Gasteiger partial charge in [-0.2, -0.15) is 0 Å². The zero-order chi connectivity index (χ0) is 5.11. The molecule has 0 aromatic carbocycles. The van der Waals surface area contributed by atoms with Crippen molar-refractivity contribution in [3.8, 4) is 0 Å². The lowest BCUT2D eigenvalue weighted by molar-refractivity contribution is -0.117. The predicted octanol–water partition coefficient (Wildman–Crippen LogP) is 0.124.